The predicted octanol–water partition coefficient (Wildman–Crippen LogP) is 2.71. The van der Waals surface area contributed by atoms with Gasteiger partial charge < -0.3 is 9.47 Å². The van der Waals surface area contributed by atoms with Crippen molar-refractivity contribution in [2.24, 2.45) is 0 Å². The van der Waals surface area contributed by atoms with E-state index >= 15 is 0 Å². The smallest absolute Gasteiger partial charge is 0.303 e. The summed E-state index contributed by atoms with van der Waals surface area (Å²) in [6.07, 6.45) is -1.10. The number of benzene rings is 1. The molecule has 1 amide bonds. The number of β-lactam (4-membered cyclic amide) rings is 1. The maximum Gasteiger partial charge on any atom is 0.303 e. The van der Waals surface area contributed by atoms with Crippen molar-refractivity contribution in [1.82, 2.24) is 0 Å². The fraction of sp³-hybridized carbons (Fsp3) is 0.385. The molecule has 1 aliphatic heterocycles. The largest absolute Gasteiger partial charge is 0.497 e. The molecule has 1 heterocycles. The molecule has 1 fully saturated rings. The van der Waals surface area contributed by atoms with Gasteiger partial charge in [-0.15, -0.1) is 0 Å². The normalized spacial score (nSPS) is 21.8. The van der Waals surface area contributed by atoms with Crippen LogP contribution in [-0.4, -0.2) is 34.9 Å². The Hall–Kier alpha value is -1.17. The molecular weight excluding hydrogens is 341 g/mol. The third-order valence-electron chi connectivity index (χ3n) is 3.02. The fourth-order valence-electron chi connectivity index (χ4n) is 2.10. The van der Waals surface area contributed by atoms with Gasteiger partial charge >= 0.3 is 5.97 Å². The Balaban J connectivity index is 2.29. The number of hydrogen-bond acceptors (Lipinski definition) is 4. The van der Waals surface area contributed by atoms with Gasteiger partial charge in [0.05, 0.1) is 7.11 Å². The van der Waals surface area contributed by atoms with Crippen LogP contribution >= 0.6 is 34.8 Å². The molecular formula is C13H12Cl3NO4. The van der Waals surface area contributed by atoms with Crippen molar-refractivity contribution < 1.29 is 19.1 Å². The fourth-order valence-corrected chi connectivity index (χ4v) is 2.74. The van der Waals surface area contributed by atoms with Gasteiger partial charge in [0.1, 0.15) is 11.8 Å². The molecule has 1 aromatic carbocycles. The van der Waals surface area contributed by atoms with Gasteiger partial charge in [0.25, 0.3) is 5.91 Å². The van der Waals surface area contributed by atoms with Crippen LogP contribution in [0.2, 0.25) is 0 Å². The Morgan fingerprint density at radius 1 is 1.24 bits per heavy atom. The highest BCUT2D eigenvalue weighted by atomic mass is 35.6. The minimum atomic E-state index is -1.78. The minimum Gasteiger partial charge on any atom is -0.497 e. The molecule has 2 rings (SSSR count). The second-order valence-corrected chi connectivity index (χ2v) is 6.79. The van der Waals surface area contributed by atoms with Gasteiger partial charge in [-0.1, -0.05) is 34.8 Å². The van der Waals surface area contributed by atoms with Gasteiger partial charge in [-0.2, -0.15) is 0 Å². The number of carbonyl (C=O) groups is 2. The molecule has 2 atom stereocenters. The first-order valence-electron chi connectivity index (χ1n) is 5.96. The number of nitrogens with zero attached hydrogens (tertiary/aromatic N) is 1. The van der Waals surface area contributed by atoms with Crippen LogP contribution in [0.5, 0.6) is 5.75 Å². The summed E-state index contributed by atoms with van der Waals surface area (Å²) in [6.45, 7) is 1.19. The van der Waals surface area contributed by atoms with Gasteiger partial charge in [-0.05, 0) is 24.3 Å². The maximum atomic E-state index is 12.2. The van der Waals surface area contributed by atoms with E-state index in [4.69, 9.17) is 44.3 Å². The molecule has 0 aromatic heterocycles. The number of rotatable bonds is 3. The SMILES string of the molecule is COc1ccc(N2C(=O)[C@@H](OC(C)=O)[C@H]2C(Cl)(Cl)Cl)cc1. The Kier molecular flexibility index (Phi) is 4.56. The third kappa shape index (κ3) is 3.20. The highest BCUT2D eigenvalue weighted by Crippen LogP contribution is 2.44. The lowest BCUT2D eigenvalue weighted by Crippen LogP contribution is -2.71. The molecule has 0 aliphatic carbocycles. The summed E-state index contributed by atoms with van der Waals surface area (Å²) in [5, 5.41) is 0. The van der Waals surface area contributed by atoms with Crippen LogP contribution in [0.1, 0.15) is 6.92 Å². The third-order valence-corrected chi connectivity index (χ3v) is 3.70. The van der Waals surface area contributed by atoms with Crippen molar-refractivity contribution in [3.63, 3.8) is 0 Å². The second kappa shape index (κ2) is 5.91. The van der Waals surface area contributed by atoms with Crippen molar-refractivity contribution in [3.8, 4) is 5.75 Å². The van der Waals surface area contributed by atoms with Crippen LogP contribution in [0.4, 0.5) is 5.69 Å². The number of hydrogen-bond donors (Lipinski definition) is 0. The van der Waals surface area contributed by atoms with E-state index in [-0.39, 0.29) is 0 Å². The summed E-state index contributed by atoms with van der Waals surface area (Å²) in [5.74, 6) is -0.414. The number of amides is 1. The molecule has 1 aromatic rings. The highest BCUT2D eigenvalue weighted by molar-refractivity contribution is 6.68. The molecule has 1 aliphatic rings. The first kappa shape index (κ1) is 16.2. The van der Waals surface area contributed by atoms with Crippen molar-refractivity contribution in [3.05, 3.63) is 24.3 Å². The zero-order valence-electron chi connectivity index (χ0n) is 11.2. The maximum absolute atomic E-state index is 12.2. The zero-order chi connectivity index (χ0) is 15.8. The van der Waals surface area contributed by atoms with E-state index in [1.165, 1.54) is 18.9 Å². The van der Waals surface area contributed by atoms with Crippen LogP contribution < -0.4 is 9.64 Å². The molecule has 0 spiro atoms. The number of methoxy groups -OCH3 is 1. The molecule has 0 bridgehead atoms. The summed E-state index contributed by atoms with van der Waals surface area (Å²) in [5.41, 5.74) is 0.528. The molecule has 21 heavy (non-hydrogen) atoms. The summed E-state index contributed by atoms with van der Waals surface area (Å²) >= 11 is 17.7. The first-order valence-corrected chi connectivity index (χ1v) is 7.10. The molecule has 0 radical (unpaired) electrons. The predicted molar refractivity (Wildman–Crippen MR) is 80.1 cm³/mol. The lowest BCUT2D eigenvalue weighted by Gasteiger charge is -2.48. The minimum absolute atomic E-state index is 0.438. The standard InChI is InChI=1S/C13H12Cl3NO4/c1-7(18)21-10-11(13(14,15)16)17(12(10)19)8-3-5-9(20-2)6-4-8/h3-6,10-11H,1-2H3/t10-,11-/m0/s1. The van der Waals surface area contributed by atoms with E-state index in [9.17, 15) is 9.59 Å². The lowest BCUT2D eigenvalue weighted by atomic mass is 9.97. The van der Waals surface area contributed by atoms with E-state index in [0.29, 0.717) is 11.4 Å². The monoisotopic (exact) mass is 351 g/mol. The lowest BCUT2D eigenvalue weighted by molar-refractivity contribution is -0.160. The van der Waals surface area contributed by atoms with E-state index in [2.05, 4.69) is 0 Å². The van der Waals surface area contributed by atoms with E-state index in [1.54, 1.807) is 24.3 Å². The van der Waals surface area contributed by atoms with E-state index < -0.39 is 27.8 Å². The number of halogens is 3. The quantitative estimate of drug-likeness (QED) is 0.477. The van der Waals surface area contributed by atoms with E-state index in [1.807, 2.05) is 0 Å². The van der Waals surface area contributed by atoms with Gasteiger partial charge in [0.15, 0.2) is 0 Å². The second-order valence-electron chi connectivity index (χ2n) is 4.42. The Morgan fingerprint density at radius 2 is 1.81 bits per heavy atom. The van der Waals surface area contributed by atoms with Crippen molar-refractivity contribution >= 4 is 52.4 Å². The zero-order valence-corrected chi connectivity index (χ0v) is 13.4. The van der Waals surface area contributed by atoms with Crippen molar-refractivity contribution in [2.45, 2.75) is 22.9 Å². The Bertz CT molecular complexity index is 556. The van der Waals surface area contributed by atoms with Crippen LogP contribution in [-0.2, 0) is 14.3 Å². The van der Waals surface area contributed by atoms with Gasteiger partial charge in [-0.3, -0.25) is 14.5 Å². The molecule has 0 N–H and O–H groups in total. The van der Waals surface area contributed by atoms with Gasteiger partial charge in [0.2, 0.25) is 9.90 Å². The Labute approximate surface area is 136 Å². The summed E-state index contributed by atoms with van der Waals surface area (Å²) < 4.78 is 8.19. The summed E-state index contributed by atoms with van der Waals surface area (Å²) in [7, 11) is 1.53. The van der Waals surface area contributed by atoms with Crippen LogP contribution in [0, 0.1) is 0 Å². The van der Waals surface area contributed by atoms with Gasteiger partial charge in [0, 0.05) is 12.6 Å². The van der Waals surface area contributed by atoms with Crippen LogP contribution in [0.3, 0.4) is 0 Å². The number of ether oxygens (including phenoxy) is 2. The van der Waals surface area contributed by atoms with Gasteiger partial charge in [-0.25, -0.2) is 0 Å². The van der Waals surface area contributed by atoms with E-state index in [0.717, 1.165) is 0 Å². The molecule has 8 heteroatoms. The highest BCUT2D eigenvalue weighted by Gasteiger charge is 2.59. The number of carbonyl (C=O) groups excluding carboxylic acids is 2. The number of alkyl halides is 3. The summed E-state index contributed by atoms with van der Waals surface area (Å²) in [6, 6.07) is 5.79. The number of esters is 1. The Morgan fingerprint density at radius 3 is 2.24 bits per heavy atom. The van der Waals surface area contributed by atoms with Crippen LogP contribution in [0.15, 0.2) is 24.3 Å². The molecule has 5 nitrogen and oxygen atoms in total. The molecule has 114 valence electrons. The number of anilines is 1. The first-order chi connectivity index (χ1) is 9.75. The summed E-state index contributed by atoms with van der Waals surface area (Å²) in [4.78, 5) is 24.5. The molecule has 0 saturated carbocycles. The average Bonchev–Trinajstić information content (AvgIpc) is 2.40. The van der Waals surface area contributed by atoms with Crippen molar-refractivity contribution in [2.75, 3.05) is 12.0 Å². The topological polar surface area (TPSA) is 55.8 Å². The molecule has 1 saturated heterocycles. The van der Waals surface area contributed by atoms with Crippen molar-refractivity contribution in [1.29, 1.82) is 0 Å². The molecule has 0 unspecified atom stereocenters. The average molecular weight is 353 g/mol. The van der Waals surface area contributed by atoms with Crippen LogP contribution in [0.25, 0.3) is 0 Å².